The molecule has 0 heterocycles. The molecule has 112 valence electrons. The molecule has 0 aliphatic rings. The quantitative estimate of drug-likeness (QED) is 0.718. The Morgan fingerprint density at radius 3 is 2.30 bits per heavy atom. The van der Waals surface area contributed by atoms with E-state index in [9.17, 15) is 9.90 Å². The van der Waals surface area contributed by atoms with E-state index >= 15 is 0 Å². The van der Waals surface area contributed by atoms with Crippen LogP contribution < -0.4 is 10.6 Å². The third-order valence-corrected chi connectivity index (χ3v) is 3.18. The van der Waals surface area contributed by atoms with Gasteiger partial charge in [-0.2, -0.15) is 0 Å². The number of hydrogen-bond donors (Lipinski definition) is 3. The Hall–Kier alpha value is -1.39. The lowest BCUT2D eigenvalue weighted by Crippen LogP contribution is -2.34. The van der Waals surface area contributed by atoms with Gasteiger partial charge < -0.3 is 15.7 Å². The van der Waals surface area contributed by atoms with Crippen LogP contribution in [-0.4, -0.2) is 23.6 Å². The molecule has 0 aromatic heterocycles. The lowest BCUT2D eigenvalue weighted by Gasteiger charge is -2.22. The number of aliphatic hydroxyl groups is 1. The summed E-state index contributed by atoms with van der Waals surface area (Å²) in [5, 5.41) is 16.4. The van der Waals surface area contributed by atoms with Gasteiger partial charge >= 0.3 is 0 Å². The van der Waals surface area contributed by atoms with E-state index in [4.69, 9.17) is 0 Å². The highest BCUT2D eigenvalue weighted by atomic mass is 16.3. The van der Waals surface area contributed by atoms with Gasteiger partial charge in [-0.05, 0) is 37.1 Å². The van der Waals surface area contributed by atoms with Crippen molar-refractivity contribution in [2.45, 2.75) is 46.3 Å². The highest BCUT2D eigenvalue weighted by Crippen LogP contribution is 2.19. The number of anilines is 1. The first-order valence-corrected chi connectivity index (χ1v) is 7.25. The second-order valence-electron chi connectivity index (χ2n) is 5.56. The van der Waals surface area contributed by atoms with Crippen LogP contribution in [0.4, 0.5) is 5.69 Å². The molecule has 2 unspecified atom stereocenters. The van der Waals surface area contributed by atoms with E-state index in [0.717, 1.165) is 17.8 Å². The standard InChI is InChI=1S/C16H26N2O2/c1-5-15(19)18-14-8-6-13(7-9-14)16(20)12(4)17-10-11(2)3/h6-9,11-12,16-17,20H,5,10H2,1-4H3,(H,18,19). The second kappa shape index (κ2) is 8.02. The summed E-state index contributed by atoms with van der Waals surface area (Å²) in [6, 6.07) is 7.34. The van der Waals surface area contributed by atoms with Crippen LogP contribution in [-0.2, 0) is 4.79 Å². The van der Waals surface area contributed by atoms with E-state index in [1.165, 1.54) is 0 Å². The number of nitrogens with one attached hydrogen (secondary N) is 2. The van der Waals surface area contributed by atoms with E-state index in [0.29, 0.717) is 12.3 Å². The van der Waals surface area contributed by atoms with E-state index in [-0.39, 0.29) is 11.9 Å². The fourth-order valence-corrected chi connectivity index (χ4v) is 1.83. The van der Waals surface area contributed by atoms with Gasteiger partial charge in [0.25, 0.3) is 0 Å². The Kier molecular flexibility index (Phi) is 6.68. The Morgan fingerprint density at radius 2 is 1.80 bits per heavy atom. The molecule has 2 atom stereocenters. The fraction of sp³-hybridized carbons (Fsp3) is 0.562. The van der Waals surface area contributed by atoms with Gasteiger partial charge in [-0.3, -0.25) is 4.79 Å². The zero-order valence-electron chi connectivity index (χ0n) is 12.8. The van der Waals surface area contributed by atoms with E-state index < -0.39 is 6.10 Å². The van der Waals surface area contributed by atoms with Crippen molar-refractivity contribution in [2.24, 2.45) is 5.92 Å². The summed E-state index contributed by atoms with van der Waals surface area (Å²) < 4.78 is 0. The van der Waals surface area contributed by atoms with Crippen LogP contribution in [0.3, 0.4) is 0 Å². The molecule has 1 aromatic carbocycles. The molecule has 0 saturated carbocycles. The summed E-state index contributed by atoms with van der Waals surface area (Å²) in [5.74, 6) is 0.543. The van der Waals surface area contributed by atoms with Gasteiger partial charge in [-0.15, -0.1) is 0 Å². The maximum absolute atomic E-state index is 11.3. The fourth-order valence-electron chi connectivity index (χ4n) is 1.83. The van der Waals surface area contributed by atoms with Crippen LogP contribution in [0.5, 0.6) is 0 Å². The third kappa shape index (κ3) is 5.31. The van der Waals surface area contributed by atoms with Crippen LogP contribution in [0, 0.1) is 5.92 Å². The topological polar surface area (TPSA) is 61.4 Å². The number of carbonyl (C=O) groups excluding carboxylic acids is 1. The Labute approximate surface area is 121 Å². The van der Waals surface area contributed by atoms with Crippen LogP contribution in [0.2, 0.25) is 0 Å². The molecule has 0 spiro atoms. The average molecular weight is 278 g/mol. The zero-order valence-corrected chi connectivity index (χ0v) is 12.8. The molecular weight excluding hydrogens is 252 g/mol. The summed E-state index contributed by atoms with van der Waals surface area (Å²) in [6.07, 6.45) is -0.0924. The molecule has 4 nitrogen and oxygen atoms in total. The molecule has 1 aromatic rings. The molecule has 1 rings (SSSR count). The lowest BCUT2D eigenvalue weighted by molar-refractivity contribution is -0.115. The normalized spacial score (nSPS) is 14.1. The van der Waals surface area contributed by atoms with Gasteiger partial charge in [-0.1, -0.05) is 32.9 Å². The van der Waals surface area contributed by atoms with Crippen molar-refractivity contribution in [1.82, 2.24) is 5.32 Å². The number of aliphatic hydroxyl groups excluding tert-OH is 1. The summed E-state index contributed by atoms with van der Waals surface area (Å²) in [6.45, 7) is 8.94. The van der Waals surface area contributed by atoms with E-state index in [1.54, 1.807) is 0 Å². The number of amides is 1. The van der Waals surface area contributed by atoms with Gasteiger partial charge in [0, 0.05) is 18.2 Å². The van der Waals surface area contributed by atoms with Crippen LogP contribution in [0.15, 0.2) is 24.3 Å². The molecule has 3 N–H and O–H groups in total. The summed E-state index contributed by atoms with van der Waals surface area (Å²) in [4.78, 5) is 11.3. The number of benzene rings is 1. The molecule has 0 fully saturated rings. The monoisotopic (exact) mass is 278 g/mol. The van der Waals surface area contributed by atoms with Crippen molar-refractivity contribution >= 4 is 11.6 Å². The second-order valence-corrected chi connectivity index (χ2v) is 5.56. The molecule has 1 amide bonds. The predicted octanol–water partition coefficient (Wildman–Crippen LogP) is 2.70. The zero-order chi connectivity index (χ0) is 15.1. The summed E-state index contributed by atoms with van der Waals surface area (Å²) in [7, 11) is 0. The first kappa shape index (κ1) is 16.7. The first-order valence-electron chi connectivity index (χ1n) is 7.25. The van der Waals surface area contributed by atoms with Crippen molar-refractivity contribution < 1.29 is 9.90 Å². The third-order valence-electron chi connectivity index (χ3n) is 3.18. The number of hydrogen-bond acceptors (Lipinski definition) is 3. The Bertz CT molecular complexity index is 415. The summed E-state index contributed by atoms with van der Waals surface area (Å²) >= 11 is 0. The van der Waals surface area contributed by atoms with Gasteiger partial charge in [0.2, 0.25) is 5.91 Å². The Balaban J connectivity index is 2.60. The predicted molar refractivity (Wildman–Crippen MR) is 82.6 cm³/mol. The molecule has 0 aliphatic carbocycles. The summed E-state index contributed by atoms with van der Waals surface area (Å²) in [5.41, 5.74) is 1.61. The van der Waals surface area contributed by atoms with Crippen LogP contribution in [0.1, 0.15) is 45.8 Å². The minimum Gasteiger partial charge on any atom is -0.387 e. The highest BCUT2D eigenvalue weighted by Gasteiger charge is 2.16. The van der Waals surface area contributed by atoms with Crippen molar-refractivity contribution in [1.29, 1.82) is 0 Å². The largest absolute Gasteiger partial charge is 0.387 e. The molecular formula is C16H26N2O2. The van der Waals surface area contributed by atoms with Crippen molar-refractivity contribution in [3.05, 3.63) is 29.8 Å². The Morgan fingerprint density at radius 1 is 1.20 bits per heavy atom. The molecule has 0 aliphatic heterocycles. The van der Waals surface area contributed by atoms with Gasteiger partial charge in [0.05, 0.1) is 6.10 Å². The van der Waals surface area contributed by atoms with Crippen molar-refractivity contribution in [3.8, 4) is 0 Å². The minimum atomic E-state index is -0.551. The van der Waals surface area contributed by atoms with Crippen LogP contribution >= 0.6 is 0 Å². The van der Waals surface area contributed by atoms with Gasteiger partial charge in [0.1, 0.15) is 0 Å². The van der Waals surface area contributed by atoms with E-state index in [2.05, 4.69) is 24.5 Å². The van der Waals surface area contributed by atoms with Crippen molar-refractivity contribution in [3.63, 3.8) is 0 Å². The van der Waals surface area contributed by atoms with Gasteiger partial charge in [0.15, 0.2) is 0 Å². The molecule has 4 heteroatoms. The molecule has 0 bridgehead atoms. The number of rotatable bonds is 7. The first-order chi connectivity index (χ1) is 9.43. The highest BCUT2D eigenvalue weighted by molar-refractivity contribution is 5.90. The lowest BCUT2D eigenvalue weighted by atomic mass is 10.0. The van der Waals surface area contributed by atoms with Crippen molar-refractivity contribution in [2.75, 3.05) is 11.9 Å². The molecule has 0 radical (unpaired) electrons. The SMILES string of the molecule is CCC(=O)Nc1ccc(C(O)C(C)NCC(C)C)cc1. The smallest absolute Gasteiger partial charge is 0.224 e. The minimum absolute atomic E-state index is 0.00603. The molecule has 20 heavy (non-hydrogen) atoms. The average Bonchev–Trinajstić information content (AvgIpc) is 2.44. The maximum Gasteiger partial charge on any atom is 0.224 e. The molecule has 0 saturated heterocycles. The number of carbonyl (C=O) groups is 1. The van der Waals surface area contributed by atoms with Gasteiger partial charge in [-0.25, -0.2) is 0 Å². The maximum atomic E-state index is 11.3. The van der Waals surface area contributed by atoms with Crippen LogP contribution in [0.25, 0.3) is 0 Å². The van der Waals surface area contributed by atoms with E-state index in [1.807, 2.05) is 38.1 Å².